The van der Waals surface area contributed by atoms with Gasteiger partial charge >= 0.3 is 0 Å². The van der Waals surface area contributed by atoms with Crippen LogP contribution in [0.1, 0.15) is 18.7 Å². The number of amides is 1. The van der Waals surface area contributed by atoms with Gasteiger partial charge in [0.15, 0.2) is 0 Å². The molecule has 3 aromatic rings. The van der Waals surface area contributed by atoms with Gasteiger partial charge in [0.1, 0.15) is 12.1 Å². The third kappa shape index (κ3) is 2.07. The van der Waals surface area contributed by atoms with E-state index in [2.05, 4.69) is 34.1 Å². The summed E-state index contributed by atoms with van der Waals surface area (Å²) in [6.45, 7) is 3.75. The van der Waals surface area contributed by atoms with Gasteiger partial charge in [-0.3, -0.25) is 4.79 Å². The highest BCUT2D eigenvalue weighted by molar-refractivity contribution is 5.79. The second-order valence-corrected chi connectivity index (χ2v) is 5.77. The molecule has 0 saturated heterocycles. The molecule has 1 aliphatic rings. The van der Waals surface area contributed by atoms with Crippen LogP contribution in [0.4, 0.5) is 0 Å². The Morgan fingerprint density at radius 1 is 1.27 bits per heavy atom. The highest BCUT2D eigenvalue weighted by atomic mass is 16.2. The maximum Gasteiger partial charge on any atom is 0.244 e. The summed E-state index contributed by atoms with van der Waals surface area (Å²) in [6.07, 6.45) is 2.08. The lowest BCUT2D eigenvalue weighted by Gasteiger charge is -2.33. The molecule has 0 aliphatic carbocycles. The number of hydrogen-bond donors (Lipinski definition) is 0. The molecular formula is C16H17N5O. The van der Waals surface area contributed by atoms with Gasteiger partial charge in [-0.25, -0.2) is 4.68 Å². The van der Waals surface area contributed by atoms with Crippen LogP contribution in [0.5, 0.6) is 0 Å². The van der Waals surface area contributed by atoms with Crippen LogP contribution in [0.25, 0.3) is 11.0 Å². The monoisotopic (exact) mass is 295 g/mol. The van der Waals surface area contributed by atoms with Crippen LogP contribution in [-0.4, -0.2) is 36.9 Å². The molecule has 1 aromatic carbocycles. The summed E-state index contributed by atoms with van der Waals surface area (Å²) in [7, 11) is 0. The molecule has 22 heavy (non-hydrogen) atoms. The van der Waals surface area contributed by atoms with Crippen molar-refractivity contribution in [1.82, 2.24) is 24.5 Å². The Morgan fingerprint density at radius 3 is 3.05 bits per heavy atom. The summed E-state index contributed by atoms with van der Waals surface area (Å²) in [5.74, 6) is 0.0787. The molecule has 1 aliphatic heterocycles. The van der Waals surface area contributed by atoms with Crippen LogP contribution in [0, 0.1) is 0 Å². The summed E-state index contributed by atoms with van der Waals surface area (Å²) in [5, 5.41) is 8.20. The largest absolute Gasteiger partial charge is 0.345 e. The van der Waals surface area contributed by atoms with Crippen molar-refractivity contribution in [1.29, 1.82) is 0 Å². The van der Waals surface area contributed by atoms with Crippen LogP contribution in [0.3, 0.4) is 0 Å². The predicted molar refractivity (Wildman–Crippen MR) is 82.1 cm³/mol. The summed E-state index contributed by atoms with van der Waals surface area (Å²) in [6, 6.07) is 12.1. The van der Waals surface area contributed by atoms with E-state index in [-0.39, 0.29) is 12.5 Å². The zero-order valence-electron chi connectivity index (χ0n) is 12.4. The van der Waals surface area contributed by atoms with Crippen LogP contribution in [0.15, 0.2) is 42.6 Å². The fourth-order valence-electron chi connectivity index (χ4n) is 3.11. The van der Waals surface area contributed by atoms with Gasteiger partial charge < -0.3 is 9.47 Å². The van der Waals surface area contributed by atoms with Gasteiger partial charge in [-0.2, -0.15) is 0 Å². The van der Waals surface area contributed by atoms with E-state index in [4.69, 9.17) is 0 Å². The lowest BCUT2D eigenvalue weighted by atomic mass is 10.2. The molecule has 0 unspecified atom stereocenters. The van der Waals surface area contributed by atoms with Gasteiger partial charge in [-0.05, 0) is 31.2 Å². The van der Waals surface area contributed by atoms with Crippen molar-refractivity contribution < 1.29 is 4.79 Å². The SMILES string of the molecule is C[C@H]1CN(C(=O)Cn2nnc3ccccc32)Cc2cccn21. The second-order valence-electron chi connectivity index (χ2n) is 5.77. The Labute approximate surface area is 127 Å². The molecule has 1 amide bonds. The summed E-state index contributed by atoms with van der Waals surface area (Å²) in [4.78, 5) is 14.5. The molecule has 112 valence electrons. The average molecular weight is 295 g/mol. The molecule has 0 fully saturated rings. The maximum absolute atomic E-state index is 12.6. The fourth-order valence-corrected chi connectivity index (χ4v) is 3.11. The first-order valence-electron chi connectivity index (χ1n) is 7.44. The quantitative estimate of drug-likeness (QED) is 0.725. The molecule has 2 aromatic heterocycles. The van der Waals surface area contributed by atoms with Gasteiger partial charge in [0.2, 0.25) is 5.91 Å². The van der Waals surface area contributed by atoms with E-state index in [1.807, 2.05) is 35.2 Å². The normalized spacial score (nSPS) is 17.7. The third-order valence-electron chi connectivity index (χ3n) is 4.24. The number of hydrogen-bond acceptors (Lipinski definition) is 3. The molecule has 4 rings (SSSR count). The predicted octanol–water partition coefficient (Wildman–Crippen LogP) is 1.84. The number of carbonyl (C=O) groups is 1. The molecule has 6 heteroatoms. The number of para-hydroxylation sites is 1. The molecule has 3 heterocycles. The third-order valence-corrected chi connectivity index (χ3v) is 4.24. The smallest absolute Gasteiger partial charge is 0.244 e. The molecular weight excluding hydrogens is 278 g/mol. The summed E-state index contributed by atoms with van der Waals surface area (Å²) >= 11 is 0. The Hall–Kier alpha value is -2.63. The van der Waals surface area contributed by atoms with Crippen molar-refractivity contribution >= 4 is 16.9 Å². The number of carbonyl (C=O) groups excluding carboxylic acids is 1. The average Bonchev–Trinajstić information content (AvgIpc) is 3.15. The van der Waals surface area contributed by atoms with Crippen LogP contribution in [0.2, 0.25) is 0 Å². The van der Waals surface area contributed by atoms with Gasteiger partial charge in [0.25, 0.3) is 0 Å². The van der Waals surface area contributed by atoms with Crippen molar-refractivity contribution in [3.05, 3.63) is 48.3 Å². The van der Waals surface area contributed by atoms with Crippen molar-refractivity contribution in [3.63, 3.8) is 0 Å². The molecule has 1 atom stereocenters. The lowest BCUT2D eigenvalue weighted by Crippen LogP contribution is -2.41. The van der Waals surface area contributed by atoms with Crippen molar-refractivity contribution in [3.8, 4) is 0 Å². The van der Waals surface area contributed by atoms with E-state index in [1.54, 1.807) is 4.68 Å². The minimum atomic E-state index is 0.0787. The minimum absolute atomic E-state index is 0.0787. The van der Waals surface area contributed by atoms with Crippen molar-refractivity contribution in [2.45, 2.75) is 26.1 Å². The van der Waals surface area contributed by atoms with E-state index in [0.29, 0.717) is 12.6 Å². The van der Waals surface area contributed by atoms with Crippen molar-refractivity contribution in [2.75, 3.05) is 6.54 Å². The zero-order valence-corrected chi connectivity index (χ0v) is 12.4. The molecule has 0 bridgehead atoms. The first-order valence-corrected chi connectivity index (χ1v) is 7.44. The minimum Gasteiger partial charge on any atom is -0.345 e. The zero-order chi connectivity index (χ0) is 15.1. The molecule has 0 radical (unpaired) electrons. The van der Waals surface area contributed by atoms with E-state index in [0.717, 1.165) is 17.6 Å². The maximum atomic E-state index is 12.6. The summed E-state index contributed by atoms with van der Waals surface area (Å²) in [5.41, 5.74) is 2.89. The van der Waals surface area contributed by atoms with Gasteiger partial charge in [-0.15, -0.1) is 5.10 Å². The number of benzene rings is 1. The van der Waals surface area contributed by atoms with Crippen molar-refractivity contribution in [2.24, 2.45) is 0 Å². The van der Waals surface area contributed by atoms with Gasteiger partial charge in [0, 0.05) is 24.5 Å². The van der Waals surface area contributed by atoms with Gasteiger partial charge in [-0.1, -0.05) is 17.3 Å². The fraction of sp³-hybridized carbons (Fsp3) is 0.312. The topological polar surface area (TPSA) is 56.0 Å². The molecule has 0 spiro atoms. The van der Waals surface area contributed by atoms with Gasteiger partial charge in [0.05, 0.1) is 12.1 Å². The van der Waals surface area contributed by atoms with Crippen LogP contribution in [-0.2, 0) is 17.9 Å². The van der Waals surface area contributed by atoms with E-state index >= 15 is 0 Å². The first-order chi connectivity index (χ1) is 10.7. The summed E-state index contributed by atoms with van der Waals surface area (Å²) < 4.78 is 3.91. The Kier molecular flexibility index (Phi) is 2.96. The number of aromatic nitrogens is 4. The van der Waals surface area contributed by atoms with E-state index < -0.39 is 0 Å². The second kappa shape index (κ2) is 4.98. The van der Waals surface area contributed by atoms with E-state index in [9.17, 15) is 4.79 Å². The lowest BCUT2D eigenvalue weighted by molar-refractivity contribution is -0.133. The number of fused-ring (bicyclic) bond motifs is 2. The molecule has 6 nitrogen and oxygen atoms in total. The van der Waals surface area contributed by atoms with Crippen LogP contribution >= 0.6 is 0 Å². The Bertz CT molecular complexity index is 834. The molecule has 0 saturated carbocycles. The highest BCUT2D eigenvalue weighted by Gasteiger charge is 2.25. The standard InChI is InChI=1S/C16H17N5O/c1-12-9-19(10-13-5-4-8-20(12)13)16(22)11-21-15-7-3-2-6-14(15)17-18-21/h2-8,12H,9-11H2,1H3/t12-/m0/s1. The van der Waals surface area contributed by atoms with E-state index in [1.165, 1.54) is 5.69 Å². The first kappa shape index (κ1) is 13.1. The highest BCUT2D eigenvalue weighted by Crippen LogP contribution is 2.21. The van der Waals surface area contributed by atoms with Crippen LogP contribution < -0.4 is 0 Å². The number of nitrogens with zero attached hydrogens (tertiary/aromatic N) is 5. The Morgan fingerprint density at radius 2 is 2.14 bits per heavy atom. The Balaban J connectivity index is 1.56. The number of rotatable bonds is 2. The molecule has 0 N–H and O–H groups in total.